The summed E-state index contributed by atoms with van der Waals surface area (Å²) in [4.78, 5) is 33.6. The van der Waals surface area contributed by atoms with E-state index in [2.05, 4.69) is 15.3 Å². The normalized spacial score (nSPS) is 11.2. The monoisotopic (exact) mass is 492 g/mol. The zero-order valence-electron chi connectivity index (χ0n) is 18.4. The van der Waals surface area contributed by atoms with Gasteiger partial charge in [-0.05, 0) is 49.7 Å². The largest absolute Gasteiger partial charge is 0.484 e. The van der Waals surface area contributed by atoms with Crippen LogP contribution in [0.15, 0.2) is 68.3 Å². The summed E-state index contributed by atoms with van der Waals surface area (Å²) in [6.45, 7) is 3.68. The Bertz CT molecular complexity index is 1570. The van der Waals surface area contributed by atoms with Gasteiger partial charge in [-0.25, -0.2) is 9.97 Å². The lowest BCUT2D eigenvalue weighted by Gasteiger charge is -2.08. The van der Waals surface area contributed by atoms with Gasteiger partial charge in [0.1, 0.15) is 11.5 Å². The fourth-order valence-electron chi connectivity index (χ4n) is 3.38. The number of nitrogens with zero attached hydrogens (tertiary/aromatic N) is 3. The van der Waals surface area contributed by atoms with E-state index in [0.717, 1.165) is 20.1 Å². The molecule has 172 valence electrons. The van der Waals surface area contributed by atoms with Crippen LogP contribution in [-0.2, 0) is 10.5 Å². The molecule has 0 fully saturated rings. The van der Waals surface area contributed by atoms with Gasteiger partial charge in [-0.1, -0.05) is 23.9 Å². The average molecular weight is 493 g/mol. The van der Waals surface area contributed by atoms with E-state index in [1.165, 1.54) is 33.7 Å². The fourth-order valence-corrected chi connectivity index (χ4v) is 5.38. The van der Waals surface area contributed by atoms with Crippen LogP contribution < -0.4 is 15.6 Å². The minimum absolute atomic E-state index is 0.0706. The van der Waals surface area contributed by atoms with E-state index in [1.54, 1.807) is 13.0 Å². The van der Waals surface area contributed by atoms with Crippen molar-refractivity contribution in [2.75, 3.05) is 11.9 Å². The molecule has 3 heterocycles. The summed E-state index contributed by atoms with van der Waals surface area (Å²) in [7, 11) is 0. The van der Waals surface area contributed by atoms with Crippen LogP contribution in [0.3, 0.4) is 0 Å². The zero-order chi connectivity index (χ0) is 23.7. The number of rotatable bonds is 7. The van der Waals surface area contributed by atoms with E-state index in [1.807, 2.05) is 49.4 Å². The third-order valence-corrected chi connectivity index (χ3v) is 7.07. The Morgan fingerprint density at radius 1 is 1.15 bits per heavy atom. The number of fused-ring (bicyclic) bond motifs is 2. The van der Waals surface area contributed by atoms with Gasteiger partial charge >= 0.3 is 0 Å². The molecule has 10 heteroatoms. The fraction of sp³-hybridized carbons (Fsp3) is 0.167. The van der Waals surface area contributed by atoms with Crippen molar-refractivity contribution in [2.24, 2.45) is 0 Å². The molecule has 0 aliphatic rings. The summed E-state index contributed by atoms with van der Waals surface area (Å²) < 4.78 is 13.9. The Morgan fingerprint density at radius 3 is 2.88 bits per heavy atom. The molecule has 0 bridgehead atoms. The van der Waals surface area contributed by atoms with Crippen molar-refractivity contribution in [1.29, 1.82) is 0 Å². The van der Waals surface area contributed by atoms with Gasteiger partial charge < -0.3 is 14.6 Å². The highest BCUT2D eigenvalue weighted by molar-refractivity contribution is 8.00. The van der Waals surface area contributed by atoms with Crippen molar-refractivity contribution in [3.05, 3.63) is 82.0 Å². The highest BCUT2D eigenvalue weighted by atomic mass is 32.2. The van der Waals surface area contributed by atoms with E-state index in [0.29, 0.717) is 34.3 Å². The first-order chi connectivity index (χ1) is 16.4. The van der Waals surface area contributed by atoms with Crippen LogP contribution in [0.5, 0.6) is 5.75 Å². The predicted molar refractivity (Wildman–Crippen MR) is 133 cm³/mol. The number of aryl methyl sites for hydroxylation is 2. The molecule has 5 rings (SSSR count). The molecule has 0 radical (unpaired) electrons. The Hall–Kier alpha value is -3.63. The molecule has 0 saturated carbocycles. The third-order valence-electron chi connectivity index (χ3n) is 4.88. The molecule has 2 aromatic carbocycles. The zero-order valence-corrected chi connectivity index (χ0v) is 20.0. The number of hydrogen-bond acceptors (Lipinski definition) is 8. The number of amides is 1. The Kier molecular flexibility index (Phi) is 6.08. The minimum Gasteiger partial charge on any atom is -0.484 e. The number of hydrogen-bond donors (Lipinski definition) is 1. The lowest BCUT2D eigenvalue weighted by atomic mass is 10.2. The van der Waals surface area contributed by atoms with Crippen LogP contribution in [0.1, 0.15) is 17.0 Å². The number of benzene rings is 2. The van der Waals surface area contributed by atoms with Gasteiger partial charge in [-0.3, -0.25) is 9.59 Å². The van der Waals surface area contributed by atoms with Gasteiger partial charge in [0.25, 0.3) is 11.5 Å². The van der Waals surface area contributed by atoms with Gasteiger partial charge in [0.2, 0.25) is 0 Å². The van der Waals surface area contributed by atoms with E-state index in [9.17, 15) is 9.59 Å². The number of carbonyl (C=O) groups excluding carboxylic acids is 1. The van der Waals surface area contributed by atoms with E-state index < -0.39 is 0 Å². The average Bonchev–Trinajstić information content (AvgIpc) is 3.38. The number of thioether (sulfide) groups is 1. The molecule has 0 aliphatic carbocycles. The van der Waals surface area contributed by atoms with E-state index >= 15 is 0 Å². The maximum Gasteiger partial charge on any atom is 0.287 e. The molecular weight excluding hydrogens is 472 g/mol. The number of thiazole rings is 1. The molecule has 0 atom stereocenters. The SMILES string of the molecule is Cc1cccc(OCC(=O)Nc2ccc3nc(SCc4cc(=O)n5oc(C)cc5n4)sc3c2)c1. The number of anilines is 1. The highest BCUT2D eigenvalue weighted by Gasteiger charge is 2.11. The molecule has 8 nitrogen and oxygen atoms in total. The van der Waals surface area contributed by atoms with Crippen LogP contribution in [0.2, 0.25) is 0 Å². The summed E-state index contributed by atoms with van der Waals surface area (Å²) in [5, 5.41) is 2.86. The van der Waals surface area contributed by atoms with Gasteiger partial charge in [0.05, 0.1) is 15.9 Å². The topological polar surface area (TPSA) is 98.7 Å². The van der Waals surface area contributed by atoms with Crippen molar-refractivity contribution < 1.29 is 14.1 Å². The second-order valence-corrected chi connectivity index (χ2v) is 9.94. The second-order valence-electron chi connectivity index (χ2n) is 7.69. The maximum absolute atomic E-state index is 12.3. The quantitative estimate of drug-likeness (QED) is 0.325. The van der Waals surface area contributed by atoms with Gasteiger partial charge in [-0.2, -0.15) is 0 Å². The second kappa shape index (κ2) is 9.32. The molecule has 34 heavy (non-hydrogen) atoms. The van der Waals surface area contributed by atoms with Gasteiger partial charge in [-0.15, -0.1) is 15.9 Å². The first-order valence-electron chi connectivity index (χ1n) is 10.5. The third kappa shape index (κ3) is 4.97. The van der Waals surface area contributed by atoms with E-state index in [-0.39, 0.29) is 18.1 Å². The molecule has 0 spiro atoms. The summed E-state index contributed by atoms with van der Waals surface area (Å²) in [5.74, 6) is 1.57. The summed E-state index contributed by atoms with van der Waals surface area (Å²) in [5.41, 5.74) is 3.51. The van der Waals surface area contributed by atoms with Crippen molar-refractivity contribution >= 4 is 50.6 Å². The summed E-state index contributed by atoms with van der Waals surface area (Å²) >= 11 is 3.03. The number of aromatic nitrogens is 3. The van der Waals surface area contributed by atoms with Gasteiger partial charge in [0.15, 0.2) is 16.6 Å². The standard InChI is InChI=1S/C24H20N4O4S2/c1-14-4-3-5-18(8-14)31-12-22(29)26-16-6-7-19-20(10-16)34-24(27-19)33-13-17-11-23(30)28-21(25-17)9-15(2)32-28/h3-11H,12-13H2,1-2H3,(H,26,29). The van der Waals surface area contributed by atoms with Crippen molar-refractivity contribution in [2.45, 2.75) is 23.9 Å². The van der Waals surface area contributed by atoms with Crippen LogP contribution in [0.4, 0.5) is 5.69 Å². The number of nitrogens with one attached hydrogen (secondary N) is 1. The minimum atomic E-state index is -0.246. The summed E-state index contributed by atoms with van der Waals surface area (Å²) in [6, 6.07) is 16.4. The molecular formula is C24H20N4O4S2. The Morgan fingerprint density at radius 2 is 2.03 bits per heavy atom. The smallest absolute Gasteiger partial charge is 0.287 e. The van der Waals surface area contributed by atoms with Crippen molar-refractivity contribution in [3.63, 3.8) is 0 Å². The molecule has 0 aliphatic heterocycles. The van der Waals surface area contributed by atoms with Gasteiger partial charge in [0, 0.05) is 23.6 Å². The molecule has 0 unspecified atom stereocenters. The maximum atomic E-state index is 12.3. The molecule has 0 saturated heterocycles. The molecule has 5 aromatic rings. The Balaban J connectivity index is 1.23. The molecule has 3 aromatic heterocycles. The summed E-state index contributed by atoms with van der Waals surface area (Å²) in [6.07, 6.45) is 0. The Labute approximate surface area is 202 Å². The first kappa shape index (κ1) is 22.2. The van der Waals surface area contributed by atoms with Crippen molar-refractivity contribution in [3.8, 4) is 5.75 Å². The lowest BCUT2D eigenvalue weighted by molar-refractivity contribution is -0.118. The molecule has 1 amide bonds. The van der Waals surface area contributed by atoms with Crippen LogP contribution in [0.25, 0.3) is 15.9 Å². The predicted octanol–water partition coefficient (Wildman–Crippen LogP) is 4.82. The van der Waals surface area contributed by atoms with Crippen molar-refractivity contribution in [1.82, 2.24) is 14.5 Å². The lowest BCUT2D eigenvalue weighted by Crippen LogP contribution is -2.20. The number of ether oxygens (including phenoxy) is 1. The highest BCUT2D eigenvalue weighted by Crippen LogP contribution is 2.32. The van der Waals surface area contributed by atoms with Crippen LogP contribution >= 0.6 is 23.1 Å². The van der Waals surface area contributed by atoms with Crippen LogP contribution in [-0.4, -0.2) is 27.1 Å². The van der Waals surface area contributed by atoms with Crippen LogP contribution in [0, 0.1) is 13.8 Å². The van der Waals surface area contributed by atoms with E-state index in [4.69, 9.17) is 9.26 Å². The molecule has 1 N–H and O–H groups in total. The first-order valence-corrected chi connectivity index (χ1v) is 12.3. The number of carbonyl (C=O) groups is 1.